The molecule has 2 unspecified atom stereocenters. The number of hydrogen-bond acceptors (Lipinski definition) is 4. The van der Waals surface area contributed by atoms with E-state index in [0.717, 1.165) is 34.4 Å². The van der Waals surface area contributed by atoms with E-state index in [2.05, 4.69) is 5.32 Å². The number of methoxy groups -OCH3 is 1. The third-order valence-electron chi connectivity index (χ3n) is 6.40. The van der Waals surface area contributed by atoms with Crippen molar-refractivity contribution in [2.45, 2.75) is 58.0 Å². The lowest BCUT2D eigenvalue weighted by atomic mass is 10.0. The number of carbonyl (C=O) groups is 2. The average molecular weight is 519 g/mol. The van der Waals surface area contributed by atoms with E-state index in [0.29, 0.717) is 24.5 Å². The number of hydrogen-bond donors (Lipinski definition) is 1. The topological polar surface area (TPSA) is 58.6 Å². The molecular weight excluding hydrogens is 480 g/mol. The SMILES string of the molecule is CCC(C)NC(=O)C(Cc1ccccc1)N(Cc1ccc(C)cc1)C(=O)CSCc1ccc(OC)cc1. The van der Waals surface area contributed by atoms with Crippen LogP contribution in [0.1, 0.15) is 42.5 Å². The zero-order valence-electron chi connectivity index (χ0n) is 22.3. The fraction of sp³-hybridized carbons (Fsp3) is 0.355. The van der Waals surface area contributed by atoms with Gasteiger partial charge in [-0.3, -0.25) is 9.59 Å². The normalized spacial score (nSPS) is 12.4. The van der Waals surface area contributed by atoms with Gasteiger partial charge in [0.1, 0.15) is 11.8 Å². The van der Waals surface area contributed by atoms with Crippen LogP contribution in [0.3, 0.4) is 0 Å². The molecule has 1 N–H and O–H groups in total. The number of rotatable bonds is 13. The van der Waals surface area contributed by atoms with E-state index in [1.165, 1.54) is 0 Å². The van der Waals surface area contributed by atoms with Crippen LogP contribution in [-0.4, -0.2) is 41.7 Å². The molecule has 0 aliphatic heterocycles. The lowest BCUT2D eigenvalue weighted by molar-refractivity contribution is -0.139. The second kappa shape index (κ2) is 14.5. The number of aryl methyl sites for hydroxylation is 1. The smallest absolute Gasteiger partial charge is 0.243 e. The highest BCUT2D eigenvalue weighted by molar-refractivity contribution is 7.99. The Morgan fingerprint density at radius 3 is 2.19 bits per heavy atom. The minimum atomic E-state index is -0.605. The van der Waals surface area contributed by atoms with Crippen molar-refractivity contribution >= 4 is 23.6 Å². The predicted molar refractivity (Wildman–Crippen MR) is 153 cm³/mol. The number of nitrogens with one attached hydrogen (secondary N) is 1. The lowest BCUT2D eigenvalue weighted by Gasteiger charge is -2.32. The molecule has 0 bridgehead atoms. The van der Waals surface area contributed by atoms with Gasteiger partial charge < -0.3 is 15.0 Å². The predicted octanol–water partition coefficient (Wildman–Crippen LogP) is 5.79. The van der Waals surface area contributed by atoms with E-state index in [-0.39, 0.29) is 17.9 Å². The summed E-state index contributed by atoms with van der Waals surface area (Å²) in [7, 11) is 1.65. The Balaban J connectivity index is 1.82. The summed E-state index contributed by atoms with van der Waals surface area (Å²) in [5.74, 6) is 1.65. The summed E-state index contributed by atoms with van der Waals surface area (Å²) in [5, 5.41) is 3.12. The fourth-order valence-electron chi connectivity index (χ4n) is 3.95. The maximum Gasteiger partial charge on any atom is 0.243 e. The molecule has 0 radical (unpaired) electrons. The number of carbonyl (C=O) groups excluding carboxylic acids is 2. The van der Waals surface area contributed by atoms with Gasteiger partial charge in [0.2, 0.25) is 11.8 Å². The first kappa shape index (κ1) is 28.3. The van der Waals surface area contributed by atoms with E-state index in [1.807, 2.05) is 99.6 Å². The van der Waals surface area contributed by atoms with Gasteiger partial charge >= 0.3 is 0 Å². The van der Waals surface area contributed by atoms with Crippen LogP contribution in [0.25, 0.3) is 0 Å². The Morgan fingerprint density at radius 2 is 1.57 bits per heavy atom. The van der Waals surface area contributed by atoms with Crippen molar-refractivity contribution in [3.05, 3.63) is 101 Å². The molecule has 0 saturated carbocycles. The number of benzene rings is 3. The van der Waals surface area contributed by atoms with Crippen molar-refractivity contribution in [2.75, 3.05) is 12.9 Å². The van der Waals surface area contributed by atoms with Crippen LogP contribution >= 0.6 is 11.8 Å². The molecular formula is C31H38N2O3S. The van der Waals surface area contributed by atoms with Crippen molar-refractivity contribution < 1.29 is 14.3 Å². The highest BCUT2D eigenvalue weighted by Crippen LogP contribution is 2.20. The highest BCUT2D eigenvalue weighted by Gasteiger charge is 2.30. The lowest BCUT2D eigenvalue weighted by Crippen LogP contribution is -2.52. The molecule has 2 atom stereocenters. The molecule has 0 aliphatic carbocycles. The Labute approximate surface area is 225 Å². The van der Waals surface area contributed by atoms with Crippen LogP contribution in [0.4, 0.5) is 0 Å². The molecule has 0 spiro atoms. The van der Waals surface area contributed by atoms with Gasteiger partial charge in [-0.15, -0.1) is 11.8 Å². The summed E-state index contributed by atoms with van der Waals surface area (Å²) in [4.78, 5) is 29.0. The third-order valence-corrected chi connectivity index (χ3v) is 7.39. The van der Waals surface area contributed by atoms with Crippen LogP contribution in [-0.2, 0) is 28.3 Å². The van der Waals surface area contributed by atoms with Crippen LogP contribution in [0.15, 0.2) is 78.9 Å². The van der Waals surface area contributed by atoms with Crippen LogP contribution < -0.4 is 10.1 Å². The minimum absolute atomic E-state index is 0.0338. The van der Waals surface area contributed by atoms with Crippen LogP contribution in [0.5, 0.6) is 5.75 Å². The number of nitrogens with zero attached hydrogens (tertiary/aromatic N) is 1. The van der Waals surface area contributed by atoms with E-state index in [1.54, 1.807) is 23.8 Å². The summed E-state index contributed by atoms with van der Waals surface area (Å²) >= 11 is 1.56. The Hall–Kier alpha value is -3.25. The summed E-state index contributed by atoms with van der Waals surface area (Å²) in [6, 6.07) is 25.4. The van der Waals surface area contributed by atoms with Crippen LogP contribution in [0.2, 0.25) is 0 Å². The number of amides is 2. The monoisotopic (exact) mass is 518 g/mol. The molecule has 0 heterocycles. The summed E-state index contributed by atoms with van der Waals surface area (Å²) in [6.45, 7) is 6.46. The quantitative estimate of drug-likeness (QED) is 0.311. The van der Waals surface area contributed by atoms with E-state index in [9.17, 15) is 9.59 Å². The maximum atomic E-state index is 13.7. The van der Waals surface area contributed by atoms with Crippen molar-refractivity contribution in [3.8, 4) is 5.75 Å². The van der Waals surface area contributed by atoms with E-state index >= 15 is 0 Å². The van der Waals surface area contributed by atoms with Gasteiger partial charge in [-0.25, -0.2) is 0 Å². The highest BCUT2D eigenvalue weighted by atomic mass is 32.2. The standard InChI is InChI=1S/C31H38N2O3S/c1-5-24(3)32-31(35)29(19-25-9-7-6-8-10-25)33(20-26-13-11-23(2)12-14-26)30(34)22-37-21-27-15-17-28(36-4)18-16-27/h6-18,24,29H,5,19-22H2,1-4H3,(H,32,35). The zero-order valence-corrected chi connectivity index (χ0v) is 23.1. The molecule has 2 amide bonds. The molecule has 6 heteroatoms. The Bertz CT molecular complexity index is 1120. The van der Waals surface area contributed by atoms with Crippen molar-refractivity contribution in [1.82, 2.24) is 10.2 Å². The summed E-state index contributed by atoms with van der Waals surface area (Å²) in [6.07, 6.45) is 1.29. The van der Waals surface area contributed by atoms with Gasteiger partial charge in [0.15, 0.2) is 0 Å². The molecule has 3 aromatic carbocycles. The van der Waals surface area contributed by atoms with Gasteiger partial charge in [0.25, 0.3) is 0 Å². The van der Waals surface area contributed by atoms with Gasteiger partial charge in [0, 0.05) is 24.8 Å². The second-order valence-electron chi connectivity index (χ2n) is 9.37. The zero-order chi connectivity index (χ0) is 26.6. The summed E-state index contributed by atoms with van der Waals surface area (Å²) in [5.41, 5.74) is 4.32. The molecule has 5 nitrogen and oxygen atoms in total. The Kier molecular flexibility index (Phi) is 11.1. The molecule has 196 valence electrons. The van der Waals surface area contributed by atoms with Crippen molar-refractivity contribution in [3.63, 3.8) is 0 Å². The first-order valence-corrected chi connectivity index (χ1v) is 13.9. The van der Waals surface area contributed by atoms with Crippen molar-refractivity contribution in [2.24, 2.45) is 0 Å². The molecule has 0 fully saturated rings. The van der Waals surface area contributed by atoms with Gasteiger partial charge in [-0.1, -0.05) is 79.2 Å². The molecule has 37 heavy (non-hydrogen) atoms. The van der Waals surface area contributed by atoms with E-state index in [4.69, 9.17) is 4.74 Å². The molecule has 0 saturated heterocycles. The molecule has 0 aromatic heterocycles. The average Bonchev–Trinajstić information content (AvgIpc) is 2.92. The number of ether oxygens (including phenoxy) is 1. The van der Waals surface area contributed by atoms with Gasteiger partial charge in [0.05, 0.1) is 12.9 Å². The minimum Gasteiger partial charge on any atom is -0.497 e. The largest absolute Gasteiger partial charge is 0.497 e. The second-order valence-corrected chi connectivity index (χ2v) is 10.4. The molecule has 0 aliphatic rings. The van der Waals surface area contributed by atoms with Gasteiger partial charge in [-0.2, -0.15) is 0 Å². The van der Waals surface area contributed by atoms with E-state index < -0.39 is 6.04 Å². The summed E-state index contributed by atoms with van der Waals surface area (Å²) < 4.78 is 5.23. The third kappa shape index (κ3) is 8.97. The van der Waals surface area contributed by atoms with Crippen LogP contribution in [0, 0.1) is 6.92 Å². The first-order chi connectivity index (χ1) is 17.9. The van der Waals surface area contributed by atoms with Crippen molar-refractivity contribution in [1.29, 1.82) is 0 Å². The fourth-order valence-corrected chi connectivity index (χ4v) is 4.82. The first-order valence-electron chi connectivity index (χ1n) is 12.8. The maximum absolute atomic E-state index is 13.7. The number of thioether (sulfide) groups is 1. The molecule has 3 rings (SSSR count). The van der Waals surface area contributed by atoms with Gasteiger partial charge in [-0.05, 0) is 49.1 Å². The Morgan fingerprint density at radius 1 is 0.919 bits per heavy atom. The molecule has 3 aromatic rings.